The topological polar surface area (TPSA) is 241 Å². The Morgan fingerprint density at radius 1 is 0.364 bits per heavy atom. The van der Waals surface area contributed by atoms with Crippen molar-refractivity contribution in [3.63, 3.8) is 0 Å². The molecule has 0 atom stereocenters. The quantitative estimate of drug-likeness (QED) is 0.0558. The first-order chi connectivity index (χ1) is 42.5. The van der Waals surface area contributed by atoms with Crippen molar-refractivity contribution in [1.82, 2.24) is 50.7 Å². The Morgan fingerprint density at radius 3 is 0.750 bits per heavy atom. The number of benzene rings is 4. The molecule has 0 aromatic heterocycles. The number of thioether (sulfide) groups is 4. The van der Waals surface area contributed by atoms with Crippen molar-refractivity contribution in [2.75, 3.05) is 143 Å². The summed E-state index contributed by atoms with van der Waals surface area (Å²) in [7, 11) is 5.54. The van der Waals surface area contributed by atoms with Crippen molar-refractivity contribution in [2.45, 2.75) is 0 Å². The predicted octanol–water partition coefficient (Wildman–Crippen LogP) is 5.24. The molecule has 0 saturated carbocycles. The Hall–Kier alpha value is -6.48. The Labute approximate surface area is 547 Å². The van der Waals surface area contributed by atoms with Crippen molar-refractivity contribution >= 4 is 160 Å². The van der Waals surface area contributed by atoms with E-state index in [-0.39, 0.29) is 143 Å². The molecule has 4 aliphatic rings. The first-order valence-electron chi connectivity index (χ1n) is 27.7. The van der Waals surface area contributed by atoms with Gasteiger partial charge < -0.3 is 40.2 Å². The molecule has 4 N–H and O–H groups in total. The molecule has 8 amide bonds. The lowest BCUT2D eigenvalue weighted by molar-refractivity contribution is 0.0848. The maximum atomic E-state index is 14.0. The van der Waals surface area contributed by atoms with E-state index in [1.165, 1.54) is 95.1 Å². The van der Waals surface area contributed by atoms with Crippen molar-refractivity contribution in [1.29, 1.82) is 0 Å². The average Bonchev–Trinajstić information content (AvgIpc) is 3.51. The van der Waals surface area contributed by atoms with E-state index in [1.807, 2.05) is 9.80 Å². The van der Waals surface area contributed by atoms with Crippen LogP contribution in [0.3, 0.4) is 0 Å². The number of nitrogens with one attached hydrogen (secondary N) is 4. The largest absolute Gasteiger partial charge is 0.495 e. The van der Waals surface area contributed by atoms with E-state index in [4.69, 9.17) is 67.8 Å². The molecule has 4 aromatic rings. The Balaban J connectivity index is 1.01. The van der Waals surface area contributed by atoms with Crippen molar-refractivity contribution < 1.29 is 57.3 Å². The molecule has 88 heavy (non-hydrogen) atoms. The zero-order valence-corrected chi connectivity index (χ0v) is 55.0. The van der Waals surface area contributed by atoms with Gasteiger partial charge in [-0.25, -0.2) is 0 Å². The first kappa shape index (κ1) is 67.5. The van der Waals surface area contributed by atoms with Gasteiger partial charge in [-0.05, 0) is 48.5 Å². The number of para-hydroxylation sites is 4. The van der Waals surface area contributed by atoms with Crippen molar-refractivity contribution in [3.05, 3.63) is 117 Å². The van der Waals surface area contributed by atoms with Crippen LogP contribution in [0.25, 0.3) is 0 Å². The lowest BCUT2D eigenvalue weighted by Crippen LogP contribution is -2.46. The molecule has 466 valence electrons. The van der Waals surface area contributed by atoms with E-state index in [2.05, 4.69) is 21.3 Å². The number of ether oxygens (including phenoxy) is 4. The number of thiocarbonyl (C=S) groups is 4. The smallest absolute Gasteiger partial charge is 0.263 e. The molecule has 4 fully saturated rings. The normalized spacial score (nSPS) is 14.8. The highest BCUT2D eigenvalue weighted by molar-refractivity contribution is 8.24. The Kier molecular flexibility index (Phi) is 24.8. The van der Waals surface area contributed by atoms with Crippen molar-refractivity contribution in [3.8, 4) is 23.0 Å². The van der Waals surface area contributed by atoms with Crippen LogP contribution >= 0.6 is 95.9 Å². The number of amides is 8. The van der Waals surface area contributed by atoms with E-state index >= 15 is 0 Å². The van der Waals surface area contributed by atoms with Crippen LogP contribution in [0.4, 0.5) is 0 Å². The number of hydrogen-bond donors (Lipinski definition) is 4. The summed E-state index contributed by atoms with van der Waals surface area (Å²) in [5, 5.41) is 11.9. The third kappa shape index (κ3) is 16.1. The molecule has 4 aromatic carbocycles. The van der Waals surface area contributed by atoms with Crippen LogP contribution in [-0.2, 0) is 0 Å². The van der Waals surface area contributed by atoms with Crippen LogP contribution in [0.5, 0.6) is 23.0 Å². The lowest BCUT2D eigenvalue weighted by atomic mass is 10.1. The molecule has 4 heterocycles. The molecule has 30 heteroatoms. The minimum atomic E-state index is -0.504. The summed E-state index contributed by atoms with van der Waals surface area (Å²) in [4.78, 5) is 120. The molecule has 0 bridgehead atoms. The first-order valence-corrected chi connectivity index (χ1v) is 33.3. The highest BCUT2D eigenvalue weighted by Gasteiger charge is 2.34. The standard InChI is InChI=1S/C58H64N10O12S8/c1-77-43-35(9-5-13-39(43)51(73)65-27-31-85-55(65)81)47(69)59-17-21-63(22-18-60-48(70)36-10-6-14-40(44(36)78-2)52(74)66-28-32-86-56(66)82)25-26-64(23-19-61-49(71)37-11-7-15-41(45(37)79-3)53(75)67-29-33-87-57(67)83)24-20-62-50(72)38-12-8-16-42(46(38)80-4)54(76)68-30-34-88-58(68)84/h5-16H,17-34H2,1-4H3,(H,59,69)(H,60,70)(H,61,71)(H,62,72). The second kappa shape index (κ2) is 32.3. The summed E-state index contributed by atoms with van der Waals surface area (Å²) in [5.41, 5.74) is 1.28. The highest BCUT2D eigenvalue weighted by Crippen LogP contribution is 2.33. The SMILES string of the molecule is COc1c(C(=O)NCCN(CCNC(=O)c2cccc(C(=O)N3CCSC3=S)c2OC)CCN(CCNC(=O)c2cccc(C(=O)N3CCSC3=S)c2OC)CCNC(=O)c2cccc(C(=O)N3CCSC3=S)c2OC)cccc1C(=O)N1CCSC1=S. The van der Waals surface area contributed by atoms with Crippen LogP contribution in [0, 0.1) is 0 Å². The van der Waals surface area contributed by atoms with Crippen LogP contribution in [-0.4, -0.2) is 237 Å². The second-order valence-corrected chi connectivity index (χ2v) is 26.5. The van der Waals surface area contributed by atoms with Gasteiger partial charge >= 0.3 is 0 Å². The highest BCUT2D eigenvalue weighted by atomic mass is 32.2. The maximum absolute atomic E-state index is 14.0. The molecule has 0 radical (unpaired) electrons. The molecular formula is C58H64N10O12S8. The number of nitrogens with zero attached hydrogens (tertiary/aromatic N) is 6. The molecule has 8 rings (SSSR count). The summed E-state index contributed by atoms with van der Waals surface area (Å²) >= 11 is 27.2. The number of methoxy groups -OCH3 is 4. The predicted molar refractivity (Wildman–Crippen MR) is 359 cm³/mol. The number of carbonyl (C=O) groups is 8. The molecule has 0 spiro atoms. The van der Waals surface area contributed by atoms with Gasteiger partial charge in [0.15, 0.2) is 0 Å². The van der Waals surface area contributed by atoms with Gasteiger partial charge in [0.2, 0.25) is 0 Å². The third-order valence-corrected chi connectivity index (χ3v) is 20.1. The Morgan fingerprint density at radius 2 is 0.568 bits per heavy atom. The zero-order valence-electron chi connectivity index (χ0n) is 48.5. The third-order valence-electron chi connectivity index (χ3n) is 14.4. The van der Waals surface area contributed by atoms with Gasteiger partial charge in [0.25, 0.3) is 47.3 Å². The van der Waals surface area contributed by atoms with Crippen LogP contribution in [0.2, 0.25) is 0 Å². The van der Waals surface area contributed by atoms with E-state index < -0.39 is 23.6 Å². The fourth-order valence-electron chi connectivity index (χ4n) is 9.95. The summed E-state index contributed by atoms with van der Waals surface area (Å²) in [6, 6.07) is 19.0. The minimum Gasteiger partial charge on any atom is -0.495 e. The molecule has 0 aliphatic carbocycles. The number of carbonyl (C=O) groups excluding carboxylic acids is 8. The van der Waals surface area contributed by atoms with E-state index in [0.29, 0.717) is 79.6 Å². The molecule has 4 aliphatic heterocycles. The summed E-state index contributed by atoms with van der Waals surface area (Å²) in [6.07, 6.45) is 0. The van der Waals surface area contributed by atoms with Crippen LogP contribution < -0.4 is 40.2 Å². The maximum Gasteiger partial charge on any atom is 0.263 e. The second-order valence-electron chi connectivity index (χ2n) is 19.5. The van der Waals surface area contributed by atoms with Gasteiger partial charge in [-0.3, -0.25) is 67.8 Å². The average molecular weight is 1350 g/mol. The van der Waals surface area contributed by atoms with Gasteiger partial charge in [-0.1, -0.05) is 120 Å². The lowest BCUT2D eigenvalue weighted by Gasteiger charge is -2.28. The van der Waals surface area contributed by atoms with Crippen LogP contribution in [0.1, 0.15) is 82.9 Å². The van der Waals surface area contributed by atoms with E-state index in [0.717, 1.165) is 0 Å². The number of rotatable bonds is 27. The summed E-state index contributed by atoms with van der Waals surface area (Å²) in [5.74, 6) is -0.529. The minimum absolute atomic E-state index is 0.0958. The van der Waals surface area contributed by atoms with Gasteiger partial charge in [0.05, 0.1) is 72.9 Å². The Bertz CT molecular complexity index is 2980. The molecule has 4 saturated heterocycles. The monoisotopic (exact) mass is 1350 g/mol. The van der Waals surface area contributed by atoms with E-state index in [9.17, 15) is 38.4 Å². The fraction of sp³-hybridized carbons (Fsp3) is 0.379. The number of hydrogen-bond acceptors (Lipinski definition) is 22. The van der Waals surface area contributed by atoms with Gasteiger partial charge in [0, 0.05) is 115 Å². The van der Waals surface area contributed by atoms with Gasteiger partial charge in [-0.2, -0.15) is 0 Å². The van der Waals surface area contributed by atoms with Gasteiger partial charge in [0.1, 0.15) is 40.3 Å². The summed E-state index contributed by atoms with van der Waals surface area (Å²) in [6.45, 7) is 3.71. The summed E-state index contributed by atoms with van der Waals surface area (Å²) < 4.78 is 24.4. The van der Waals surface area contributed by atoms with Crippen LogP contribution in [0.15, 0.2) is 72.8 Å². The fourth-order valence-corrected chi connectivity index (χ4v) is 14.8. The zero-order chi connectivity index (χ0) is 63.0. The molecule has 22 nitrogen and oxygen atoms in total. The van der Waals surface area contributed by atoms with E-state index in [1.54, 1.807) is 72.8 Å². The molecule has 0 unspecified atom stereocenters. The van der Waals surface area contributed by atoms with Crippen molar-refractivity contribution in [2.24, 2.45) is 0 Å². The van der Waals surface area contributed by atoms with Gasteiger partial charge in [-0.15, -0.1) is 0 Å². The molecular weight excluding hydrogens is 1290 g/mol.